The van der Waals surface area contributed by atoms with E-state index < -0.39 is 10.0 Å². The van der Waals surface area contributed by atoms with Gasteiger partial charge in [0.05, 0.1) is 26.5 Å². The van der Waals surface area contributed by atoms with Crippen LogP contribution in [0.25, 0.3) is 6.08 Å². The number of thiophene rings is 1. The molecule has 164 valence electrons. The van der Waals surface area contributed by atoms with Crippen LogP contribution < -0.4 is 4.74 Å². The van der Waals surface area contributed by atoms with Gasteiger partial charge in [-0.25, -0.2) is 12.7 Å². The number of furan rings is 1. The fraction of sp³-hybridized carbons (Fsp3) is 0.227. The molecule has 7 nitrogen and oxygen atoms in total. The van der Waals surface area contributed by atoms with E-state index in [0.717, 1.165) is 9.18 Å². The molecule has 0 aliphatic heterocycles. The Morgan fingerprint density at radius 2 is 1.97 bits per heavy atom. The lowest BCUT2D eigenvalue weighted by atomic mass is 10.2. The van der Waals surface area contributed by atoms with Crippen LogP contribution in [-0.2, 0) is 27.9 Å². The monoisotopic (exact) mass is 460 g/mol. The molecule has 0 aliphatic carbocycles. The van der Waals surface area contributed by atoms with Crippen LogP contribution in [-0.4, -0.2) is 44.7 Å². The van der Waals surface area contributed by atoms with Gasteiger partial charge in [-0.1, -0.05) is 12.1 Å². The molecule has 0 unspecified atom stereocenters. The van der Waals surface area contributed by atoms with Crippen molar-refractivity contribution in [3.8, 4) is 5.75 Å². The molecule has 0 atom stereocenters. The lowest BCUT2D eigenvalue weighted by Gasteiger charge is -2.19. The molecule has 2 heterocycles. The molecule has 9 heteroatoms. The molecule has 0 radical (unpaired) electrons. The predicted octanol–water partition coefficient (Wildman–Crippen LogP) is 3.84. The van der Waals surface area contributed by atoms with E-state index in [2.05, 4.69) is 0 Å². The summed E-state index contributed by atoms with van der Waals surface area (Å²) in [5.74, 6) is 0.717. The van der Waals surface area contributed by atoms with Gasteiger partial charge in [0.15, 0.2) is 0 Å². The molecular formula is C22H24N2O5S2. The van der Waals surface area contributed by atoms with Crippen molar-refractivity contribution < 1.29 is 22.4 Å². The Hall–Kier alpha value is -2.88. The zero-order valence-electron chi connectivity index (χ0n) is 17.5. The number of methoxy groups -OCH3 is 1. The van der Waals surface area contributed by atoms with Gasteiger partial charge in [-0.05, 0) is 47.4 Å². The predicted molar refractivity (Wildman–Crippen MR) is 120 cm³/mol. The Morgan fingerprint density at radius 1 is 1.16 bits per heavy atom. The van der Waals surface area contributed by atoms with E-state index in [1.807, 2.05) is 23.6 Å². The Labute approximate surface area is 186 Å². The van der Waals surface area contributed by atoms with Gasteiger partial charge in [0.2, 0.25) is 15.9 Å². The van der Waals surface area contributed by atoms with Gasteiger partial charge >= 0.3 is 0 Å². The highest BCUT2D eigenvalue weighted by Gasteiger charge is 2.22. The van der Waals surface area contributed by atoms with Gasteiger partial charge in [-0.15, -0.1) is 11.3 Å². The molecule has 0 bridgehead atoms. The van der Waals surface area contributed by atoms with E-state index >= 15 is 0 Å². The quantitative estimate of drug-likeness (QED) is 0.453. The number of amides is 1. The SMILES string of the molecule is COc1ccc(C=CC(=O)N(Cc2ccco2)Cc2cccs2)cc1S(=O)(=O)N(C)C. The lowest BCUT2D eigenvalue weighted by Crippen LogP contribution is -2.28. The first-order valence-corrected chi connectivity index (χ1v) is 11.8. The summed E-state index contributed by atoms with van der Waals surface area (Å²) >= 11 is 1.57. The van der Waals surface area contributed by atoms with E-state index in [0.29, 0.717) is 24.4 Å². The van der Waals surface area contributed by atoms with Gasteiger partial charge < -0.3 is 14.1 Å². The van der Waals surface area contributed by atoms with E-state index in [1.54, 1.807) is 46.8 Å². The number of nitrogens with zero attached hydrogens (tertiary/aromatic N) is 2. The van der Waals surface area contributed by atoms with E-state index in [9.17, 15) is 13.2 Å². The van der Waals surface area contributed by atoms with Gasteiger partial charge in [0, 0.05) is 25.0 Å². The molecule has 3 rings (SSSR count). The van der Waals surface area contributed by atoms with Crippen molar-refractivity contribution in [2.45, 2.75) is 18.0 Å². The maximum Gasteiger partial charge on any atom is 0.247 e. The van der Waals surface area contributed by atoms with Crippen molar-refractivity contribution in [2.75, 3.05) is 21.2 Å². The number of carbonyl (C=O) groups is 1. The molecule has 0 spiro atoms. The maximum atomic E-state index is 12.9. The second-order valence-corrected chi connectivity index (χ2v) is 10.0. The third-order valence-electron chi connectivity index (χ3n) is 4.53. The van der Waals surface area contributed by atoms with Crippen LogP contribution in [0.4, 0.5) is 0 Å². The van der Waals surface area contributed by atoms with Gasteiger partial charge in [0.25, 0.3) is 0 Å². The number of benzene rings is 1. The summed E-state index contributed by atoms with van der Waals surface area (Å²) < 4.78 is 36.9. The minimum atomic E-state index is -3.70. The molecule has 1 amide bonds. The molecule has 0 N–H and O–H groups in total. The zero-order valence-corrected chi connectivity index (χ0v) is 19.2. The lowest BCUT2D eigenvalue weighted by molar-refractivity contribution is -0.127. The number of sulfonamides is 1. The van der Waals surface area contributed by atoms with Crippen LogP contribution in [0.15, 0.2) is 69.5 Å². The zero-order chi connectivity index (χ0) is 22.4. The van der Waals surface area contributed by atoms with Crippen LogP contribution in [0, 0.1) is 0 Å². The Balaban J connectivity index is 1.85. The van der Waals surface area contributed by atoms with Crippen molar-refractivity contribution in [1.29, 1.82) is 0 Å². The molecule has 1 aromatic carbocycles. The Bertz CT molecular complexity index is 1100. The molecule has 0 aliphatic rings. The van der Waals surface area contributed by atoms with Crippen molar-refractivity contribution in [1.82, 2.24) is 9.21 Å². The van der Waals surface area contributed by atoms with E-state index in [1.165, 1.54) is 33.3 Å². The largest absolute Gasteiger partial charge is 0.495 e. The number of rotatable bonds is 9. The summed E-state index contributed by atoms with van der Waals surface area (Å²) in [6.07, 6.45) is 4.60. The molecule has 3 aromatic rings. The van der Waals surface area contributed by atoms with Crippen LogP contribution >= 0.6 is 11.3 Å². The van der Waals surface area contributed by atoms with E-state index in [4.69, 9.17) is 9.15 Å². The van der Waals surface area contributed by atoms with Crippen LogP contribution in [0.3, 0.4) is 0 Å². The summed E-state index contributed by atoms with van der Waals surface area (Å²) in [6, 6.07) is 12.3. The third-order valence-corrected chi connectivity index (χ3v) is 7.23. The van der Waals surface area contributed by atoms with Gasteiger partial charge in [-0.3, -0.25) is 4.79 Å². The number of hydrogen-bond donors (Lipinski definition) is 0. The molecule has 0 saturated heterocycles. The summed E-state index contributed by atoms with van der Waals surface area (Å²) in [7, 11) is 0.632. The van der Waals surface area contributed by atoms with Crippen LogP contribution in [0.1, 0.15) is 16.2 Å². The molecule has 0 saturated carbocycles. The van der Waals surface area contributed by atoms with Crippen LogP contribution in [0.2, 0.25) is 0 Å². The topological polar surface area (TPSA) is 80.1 Å². The smallest absolute Gasteiger partial charge is 0.247 e. The summed E-state index contributed by atoms with van der Waals surface area (Å²) in [6.45, 7) is 0.779. The number of hydrogen-bond acceptors (Lipinski definition) is 6. The van der Waals surface area contributed by atoms with Crippen molar-refractivity contribution in [2.24, 2.45) is 0 Å². The fourth-order valence-electron chi connectivity index (χ4n) is 2.86. The maximum absolute atomic E-state index is 12.9. The highest BCUT2D eigenvalue weighted by molar-refractivity contribution is 7.89. The number of carbonyl (C=O) groups excluding carboxylic acids is 1. The standard InChI is InChI=1S/C22H24N2O5S2/c1-23(2)31(26,27)21-14-17(8-10-20(21)28-3)9-11-22(25)24(15-18-6-4-12-29-18)16-19-7-5-13-30-19/h4-14H,15-16H2,1-3H3. The average molecular weight is 461 g/mol. The van der Waals surface area contributed by atoms with Crippen molar-refractivity contribution >= 4 is 33.3 Å². The normalized spacial score (nSPS) is 11.9. The molecule has 2 aromatic heterocycles. The first kappa shape index (κ1) is 22.8. The summed E-state index contributed by atoms with van der Waals surface area (Å²) in [5.41, 5.74) is 0.573. The Kier molecular flexibility index (Phi) is 7.32. The molecule has 0 fully saturated rings. The van der Waals surface area contributed by atoms with Gasteiger partial charge in [-0.2, -0.15) is 0 Å². The van der Waals surface area contributed by atoms with Crippen LogP contribution in [0.5, 0.6) is 5.75 Å². The van der Waals surface area contributed by atoms with Gasteiger partial charge in [0.1, 0.15) is 16.4 Å². The first-order valence-electron chi connectivity index (χ1n) is 9.43. The summed E-state index contributed by atoms with van der Waals surface area (Å²) in [5, 5.41) is 1.96. The fourth-order valence-corrected chi connectivity index (χ4v) is 4.66. The molecular weight excluding hydrogens is 436 g/mol. The highest BCUT2D eigenvalue weighted by atomic mass is 32.2. The number of ether oxygens (including phenoxy) is 1. The first-order chi connectivity index (χ1) is 14.8. The van der Waals surface area contributed by atoms with Crippen molar-refractivity contribution in [3.63, 3.8) is 0 Å². The van der Waals surface area contributed by atoms with E-state index in [-0.39, 0.29) is 16.6 Å². The van der Waals surface area contributed by atoms with Crippen molar-refractivity contribution in [3.05, 3.63) is 76.4 Å². The Morgan fingerprint density at radius 3 is 2.58 bits per heavy atom. The minimum Gasteiger partial charge on any atom is -0.495 e. The molecule has 31 heavy (non-hydrogen) atoms. The summed E-state index contributed by atoms with van der Waals surface area (Å²) in [4.78, 5) is 15.7. The second-order valence-electron chi connectivity index (χ2n) is 6.88. The third kappa shape index (κ3) is 5.63. The highest BCUT2D eigenvalue weighted by Crippen LogP contribution is 2.27. The second kappa shape index (κ2) is 9.95. The average Bonchev–Trinajstić information content (AvgIpc) is 3.45. The minimum absolute atomic E-state index is 0.0422.